The molecule has 0 aromatic heterocycles. The standard InChI is InChI=1S/C25H31NO6/c1-24(2,3)32-23(30)26-20(21(27)28)15-17-11-13-19(14-12-17)25(4,5)22(29)31-16-18-9-7-6-8-10-18/h6-14,20H,15-16H2,1-5H3,(H,26,30)(H,27,28)/t20-/m0/s1. The van der Waals surface area contributed by atoms with Gasteiger partial charge in [-0.15, -0.1) is 0 Å². The molecule has 7 heteroatoms. The number of carbonyl (C=O) groups is 3. The number of carboxylic acid groups (broad SMARTS) is 1. The summed E-state index contributed by atoms with van der Waals surface area (Å²) in [5.74, 6) is -1.52. The van der Waals surface area contributed by atoms with Crippen molar-refractivity contribution in [3.05, 3.63) is 71.3 Å². The maximum absolute atomic E-state index is 12.7. The Labute approximate surface area is 188 Å². The van der Waals surface area contributed by atoms with Crippen LogP contribution in [0.4, 0.5) is 4.79 Å². The summed E-state index contributed by atoms with van der Waals surface area (Å²) in [7, 11) is 0. The van der Waals surface area contributed by atoms with Crippen molar-refractivity contribution in [1.82, 2.24) is 5.32 Å². The van der Waals surface area contributed by atoms with E-state index in [0.717, 1.165) is 11.1 Å². The number of alkyl carbamates (subject to hydrolysis) is 1. The second kappa shape index (κ2) is 10.3. The molecule has 7 nitrogen and oxygen atoms in total. The van der Waals surface area contributed by atoms with E-state index in [1.165, 1.54) is 0 Å². The quantitative estimate of drug-likeness (QED) is 0.595. The van der Waals surface area contributed by atoms with Crippen molar-refractivity contribution in [2.24, 2.45) is 0 Å². The maximum atomic E-state index is 12.7. The fourth-order valence-corrected chi connectivity index (χ4v) is 2.96. The fraction of sp³-hybridized carbons (Fsp3) is 0.400. The lowest BCUT2D eigenvalue weighted by molar-refractivity contribution is -0.150. The molecule has 0 unspecified atom stereocenters. The first-order valence-corrected chi connectivity index (χ1v) is 10.4. The smallest absolute Gasteiger partial charge is 0.408 e. The van der Waals surface area contributed by atoms with E-state index in [9.17, 15) is 19.5 Å². The summed E-state index contributed by atoms with van der Waals surface area (Å²) in [6.45, 7) is 8.85. The number of carboxylic acids is 1. The van der Waals surface area contributed by atoms with Gasteiger partial charge in [-0.3, -0.25) is 4.79 Å². The zero-order chi connectivity index (χ0) is 23.9. The molecule has 1 amide bonds. The molecule has 2 aromatic carbocycles. The second-order valence-electron chi connectivity index (χ2n) is 9.12. The summed E-state index contributed by atoms with van der Waals surface area (Å²) in [4.78, 5) is 36.2. The molecule has 0 aliphatic heterocycles. The van der Waals surface area contributed by atoms with Gasteiger partial charge in [0.05, 0.1) is 5.41 Å². The van der Waals surface area contributed by atoms with Gasteiger partial charge in [0.15, 0.2) is 0 Å². The molecule has 1 atom stereocenters. The molecule has 0 spiro atoms. The molecular formula is C25H31NO6. The molecule has 0 aliphatic carbocycles. The minimum absolute atomic E-state index is 0.0771. The summed E-state index contributed by atoms with van der Waals surface area (Å²) in [5.41, 5.74) is 0.741. The highest BCUT2D eigenvalue weighted by molar-refractivity contribution is 5.82. The van der Waals surface area contributed by atoms with Gasteiger partial charge in [-0.05, 0) is 51.3 Å². The van der Waals surface area contributed by atoms with Crippen LogP contribution in [-0.2, 0) is 37.5 Å². The Morgan fingerprint density at radius 3 is 2.03 bits per heavy atom. The zero-order valence-electron chi connectivity index (χ0n) is 19.2. The lowest BCUT2D eigenvalue weighted by Crippen LogP contribution is -2.44. The van der Waals surface area contributed by atoms with E-state index in [4.69, 9.17) is 9.47 Å². The lowest BCUT2D eigenvalue weighted by atomic mass is 9.84. The van der Waals surface area contributed by atoms with Gasteiger partial charge < -0.3 is 19.9 Å². The molecule has 2 rings (SSSR count). The van der Waals surface area contributed by atoms with E-state index < -0.39 is 29.1 Å². The van der Waals surface area contributed by atoms with Crippen molar-refractivity contribution >= 4 is 18.0 Å². The molecular weight excluding hydrogens is 410 g/mol. The van der Waals surface area contributed by atoms with Gasteiger partial charge in [-0.1, -0.05) is 54.6 Å². The summed E-state index contributed by atoms with van der Waals surface area (Å²) < 4.78 is 10.6. The van der Waals surface area contributed by atoms with E-state index >= 15 is 0 Å². The van der Waals surface area contributed by atoms with Gasteiger partial charge >= 0.3 is 18.0 Å². The van der Waals surface area contributed by atoms with E-state index in [0.29, 0.717) is 5.56 Å². The van der Waals surface area contributed by atoms with E-state index in [2.05, 4.69) is 5.32 Å². The van der Waals surface area contributed by atoms with Crippen molar-refractivity contribution in [3.8, 4) is 0 Å². The Kier molecular flexibility index (Phi) is 8.02. The first kappa shape index (κ1) is 24.9. The van der Waals surface area contributed by atoms with Crippen LogP contribution in [0.2, 0.25) is 0 Å². The van der Waals surface area contributed by atoms with Gasteiger partial charge in [-0.2, -0.15) is 0 Å². The van der Waals surface area contributed by atoms with Crippen LogP contribution >= 0.6 is 0 Å². The number of benzene rings is 2. The molecule has 2 N–H and O–H groups in total. The Bertz CT molecular complexity index is 929. The number of amides is 1. The van der Waals surface area contributed by atoms with E-state index in [-0.39, 0.29) is 19.0 Å². The largest absolute Gasteiger partial charge is 0.480 e. The highest BCUT2D eigenvalue weighted by atomic mass is 16.6. The van der Waals surface area contributed by atoms with Crippen LogP contribution in [0.15, 0.2) is 54.6 Å². The molecule has 172 valence electrons. The molecule has 0 heterocycles. The number of nitrogens with one attached hydrogen (secondary N) is 1. The number of hydrogen-bond donors (Lipinski definition) is 2. The van der Waals surface area contributed by atoms with E-state index in [1.807, 2.05) is 30.3 Å². The van der Waals surface area contributed by atoms with Crippen molar-refractivity contribution in [1.29, 1.82) is 0 Å². The number of ether oxygens (including phenoxy) is 2. The average Bonchev–Trinajstić information content (AvgIpc) is 2.71. The zero-order valence-corrected chi connectivity index (χ0v) is 19.2. The fourth-order valence-electron chi connectivity index (χ4n) is 2.96. The highest BCUT2D eigenvalue weighted by Crippen LogP contribution is 2.26. The Hall–Kier alpha value is -3.35. The molecule has 0 aliphatic rings. The van der Waals surface area contributed by atoms with Crippen LogP contribution < -0.4 is 5.32 Å². The number of aliphatic carboxylic acids is 1. The van der Waals surface area contributed by atoms with Crippen LogP contribution in [0.5, 0.6) is 0 Å². The Morgan fingerprint density at radius 1 is 0.906 bits per heavy atom. The molecule has 0 bridgehead atoms. The topological polar surface area (TPSA) is 102 Å². The number of rotatable bonds is 8. The van der Waals surface area contributed by atoms with Gasteiger partial charge in [0.1, 0.15) is 18.2 Å². The first-order chi connectivity index (χ1) is 14.9. The number of hydrogen-bond acceptors (Lipinski definition) is 5. The SMILES string of the molecule is CC(C)(C)OC(=O)N[C@@H](Cc1ccc(C(C)(C)C(=O)OCc2ccccc2)cc1)C(=O)O. The summed E-state index contributed by atoms with van der Waals surface area (Å²) in [5, 5.41) is 11.8. The van der Waals surface area contributed by atoms with E-state index in [1.54, 1.807) is 58.9 Å². The third kappa shape index (κ3) is 7.41. The van der Waals surface area contributed by atoms with Crippen LogP contribution in [0.25, 0.3) is 0 Å². The molecule has 0 fully saturated rings. The maximum Gasteiger partial charge on any atom is 0.408 e. The molecule has 2 aromatic rings. The van der Waals surface area contributed by atoms with Gasteiger partial charge in [0.2, 0.25) is 0 Å². The van der Waals surface area contributed by atoms with Gasteiger partial charge in [-0.25, -0.2) is 9.59 Å². The van der Waals surface area contributed by atoms with Crippen molar-refractivity contribution in [3.63, 3.8) is 0 Å². The minimum atomic E-state index is -1.16. The minimum Gasteiger partial charge on any atom is -0.480 e. The summed E-state index contributed by atoms with van der Waals surface area (Å²) >= 11 is 0. The van der Waals surface area contributed by atoms with Gasteiger partial charge in [0.25, 0.3) is 0 Å². The molecule has 0 saturated heterocycles. The Morgan fingerprint density at radius 2 is 1.50 bits per heavy atom. The van der Waals surface area contributed by atoms with Crippen molar-refractivity contribution < 1.29 is 29.0 Å². The van der Waals surface area contributed by atoms with Crippen molar-refractivity contribution in [2.45, 2.75) is 64.7 Å². The Balaban J connectivity index is 2.02. The lowest BCUT2D eigenvalue weighted by Gasteiger charge is -2.24. The summed E-state index contributed by atoms with van der Waals surface area (Å²) in [6.07, 6.45) is -0.711. The monoisotopic (exact) mass is 441 g/mol. The number of carbonyl (C=O) groups excluding carboxylic acids is 2. The van der Waals surface area contributed by atoms with Crippen molar-refractivity contribution in [2.75, 3.05) is 0 Å². The number of esters is 1. The molecule has 32 heavy (non-hydrogen) atoms. The predicted octanol–water partition coefficient (Wildman–Crippen LogP) is 4.23. The second-order valence-corrected chi connectivity index (χ2v) is 9.12. The van der Waals surface area contributed by atoms with Gasteiger partial charge in [0, 0.05) is 6.42 Å². The highest BCUT2D eigenvalue weighted by Gasteiger charge is 2.32. The average molecular weight is 442 g/mol. The molecule has 0 radical (unpaired) electrons. The van der Waals surface area contributed by atoms with Crippen LogP contribution in [0, 0.1) is 0 Å². The first-order valence-electron chi connectivity index (χ1n) is 10.4. The third-order valence-electron chi connectivity index (χ3n) is 4.83. The molecule has 0 saturated carbocycles. The van der Waals surface area contributed by atoms with Crippen LogP contribution in [-0.4, -0.2) is 34.8 Å². The summed E-state index contributed by atoms with van der Waals surface area (Å²) in [6, 6.07) is 15.3. The predicted molar refractivity (Wildman–Crippen MR) is 120 cm³/mol. The third-order valence-corrected chi connectivity index (χ3v) is 4.83. The normalized spacial score (nSPS) is 12.5. The van der Waals surface area contributed by atoms with Crippen LogP contribution in [0.3, 0.4) is 0 Å². The van der Waals surface area contributed by atoms with Crippen LogP contribution in [0.1, 0.15) is 51.3 Å².